The van der Waals surface area contributed by atoms with Gasteiger partial charge in [0, 0.05) is 37.3 Å². The largest absolute Gasteiger partial charge is 0.378 e. The Morgan fingerprint density at radius 3 is 3.12 bits per heavy atom. The van der Waals surface area contributed by atoms with Crippen LogP contribution in [0.1, 0.15) is 32.5 Å². The molecule has 2 heterocycles. The van der Waals surface area contributed by atoms with Crippen LogP contribution in [0.3, 0.4) is 0 Å². The van der Waals surface area contributed by atoms with Crippen LogP contribution in [-0.2, 0) is 17.7 Å². The van der Waals surface area contributed by atoms with Gasteiger partial charge in [-0.1, -0.05) is 6.92 Å². The fourth-order valence-corrected chi connectivity index (χ4v) is 2.50. The first-order chi connectivity index (χ1) is 8.20. The van der Waals surface area contributed by atoms with E-state index in [1.54, 1.807) is 0 Å². The minimum atomic E-state index is 0.165. The van der Waals surface area contributed by atoms with Gasteiger partial charge in [-0.15, -0.1) is 0 Å². The number of imidazole rings is 1. The number of aromatic nitrogens is 2. The van der Waals surface area contributed by atoms with Crippen LogP contribution in [0.2, 0.25) is 0 Å². The molecule has 0 bridgehead atoms. The SMILES string of the molecule is CCCn1ccnc1CC(N)C1COC(C)C1. The summed E-state index contributed by atoms with van der Waals surface area (Å²) in [5.41, 5.74) is 6.26. The highest BCUT2D eigenvalue weighted by atomic mass is 16.5. The summed E-state index contributed by atoms with van der Waals surface area (Å²) in [5, 5.41) is 0. The third kappa shape index (κ3) is 3.07. The smallest absolute Gasteiger partial charge is 0.110 e. The lowest BCUT2D eigenvalue weighted by Gasteiger charge is -2.18. The number of aryl methyl sites for hydroxylation is 1. The molecule has 0 amide bonds. The molecule has 0 aliphatic carbocycles. The van der Waals surface area contributed by atoms with E-state index in [9.17, 15) is 0 Å². The maximum absolute atomic E-state index is 6.26. The topological polar surface area (TPSA) is 53.1 Å². The van der Waals surface area contributed by atoms with Gasteiger partial charge in [-0.25, -0.2) is 4.98 Å². The average molecular weight is 237 g/mol. The van der Waals surface area contributed by atoms with E-state index in [1.165, 1.54) is 0 Å². The van der Waals surface area contributed by atoms with E-state index in [0.717, 1.165) is 38.2 Å². The zero-order valence-electron chi connectivity index (χ0n) is 10.8. The monoisotopic (exact) mass is 237 g/mol. The molecule has 1 aromatic heterocycles. The first kappa shape index (κ1) is 12.6. The van der Waals surface area contributed by atoms with Crippen LogP contribution < -0.4 is 5.73 Å². The Kier molecular flexibility index (Phi) is 4.18. The number of nitrogens with two attached hydrogens (primary N) is 1. The quantitative estimate of drug-likeness (QED) is 0.846. The van der Waals surface area contributed by atoms with Crippen molar-refractivity contribution in [3.8, 4) is 0 Å². The molecule has 0 radical (unpaired) electrons. The fraction of sp³-hybridized carbons (Fsp3) is 0.769. The number of ether oxygens (including phenoxy) is 1. The van der Waals surface area contributed by atoms with Crippen LogP contribution in [0.25, 0.3) is 0 Å². The van der Waals surface area contributed by atoms with E-state index < -0.39 is 0 Å². The molecular weight excluding hydrogens is 214 g/mol. The lowest BCUT2D eigenvalue weighted by Crippen LogP contribution is -2.33. The predicted octanol–water partition coefficient (Wildman–Crippen LogP) is 1.59. The molecule has 17 heavy (non-hydrogen) atoms. The van der Waals surface area contributed by atoms with E-state index in [2.05, 4.69) is 23.4 Å². The van der Waals surface area contributed by atoms with Crippen molar-refractivity contribution in [1.29, 1.82) is 0 Å². The zero-order chi connectivity index (χ0) is 12.3. The first-order valence-corrected chi connectivity index (χ1v) is 6.58. The molecule has 2 N–H and O–H groups in total. The lowest BCUT2D eigenvalue weighted by atomic mass is 9.95. The molecule has 0 spiro atoms. The fourth-order valence-electron chi connectivity index (χ4n) is 2.50. The summed E-state index contributed by atoms with van der Waals surface area (Å²) in [4.78, 5) is 4.41. The molecule has 4 heteroatoms. The summed E-state index contributed by atoms with van der Waals surface area (Å²) in [6.45, 7) is 6.12. The summed E-state index contributed by atoms with van der Waals surface area (Å²) < 4.78 is 7.78. The molecular formula is C13H23N3O. The second-order valence-electron chi connectivity index (χ2n) is 5.04. The van der Waals surface area contributed by atoms with Crippen molar-refractivity contribution in [2.75, 3.05) is 6.61 Å². The molecule has 3 unspecified atom stereocenters. The summed E-state index contributed by atoms with van der Waals surface area (Å²) in [5.74, 6) is 1.59. The molecule has 96 valence electrons. The van der Waals surface area contributed by atoms with Crippen molar-refractivity contribution in [3.05, 3.63) is 18.2 Å². The lowest BCUT2D eigenvalue weighted by molar-refractivity contribution is 0.118. The third-order valence-corrected chi connectivity index (χ3v) is 3.52. The van der Waals surface area contributed by atoms with Crippen LogP contribution in [-0.4, -0.2) is 28.3 Å². The molecule has 3 atom stereocenters. The summed E-state index contributed by atoms with van der Waals surface area (Å²) in [6, 6.07) is 0.165. The number of rotatable bonds is 5. The molecule has 1 saturated heterocycles. The van der Waals surface area contributed by atoms with Crippen LogP contribution in [0, 0.1) is 5.92 Å². The van der Waals surface area contributed by atoms with Crippen molar-refractivity contribution in [2.45, 2.75) is 51.8 Å². The minimum Gasteiger partial charge on any atom is -0.378 e. The highest BCUT2D eigenvalue weighted by Gasteiger charge is 2.28. The molecule has 1 fully saturated rings. The number of hydrogen-bond donors (Lipinski definition) is 1. The third-order valence-electron chi connectivity index (χ3n) is 3.52. The number of nitrogens with zero attached hydrogens (tertiary/aromatic N) is 2. The normalized spacial score (nSPS) is 26.3. The molecule has 0 saturated carbocycles. The van der Waals surface area contributed by atoms with Gasteiger partial charge >= 0.3 is 0 Å². The Morgan fingerprint density at radius 1 is 1.65 bits per heavy atom. The van der Waals surface area contributed by atoms with Gasteiger partial charge in [0.15, 0.2) is 0 Å². The van der Waals surface area contributed by atoms with Crippen molar-refractivity contribution >= 4 is 0 Å². The van der Waals surface area contributed by atoms with Gasteiger partial charge in [0.05, 0.1) is 12.7 Å². The number of hydrogen-bond acceptors (Lipinski definition) is 3. The minimum absolute atomic E-state index is 0.165. The van der Waals surface area contributed by atoms with E-state index in [4.69, 9.17) is 10.5 Å². The Morgan fingerprint density at radius 2 is 2.47 bits per heavy atom. The maximum atomic E-state index is 6.26. The Bertz CT molecular complexity index is 350. The Balaban J connectivity index is 1.93. The molecule has 4 nitrogen and oxygen atoms in total. The standard InChI is InChI=1S/C13H23N3O/c1-3-5-16-6-4-15-13(16)8-12(14)11-7-10(2)17-9-11/h4,6,10-12H,3,5,7-9,14H2,1-2H3. The average Bonchev–Trinajstić information content (AvgIpc) is 2.89. The molecule has 0 aromatic carbocycles. The van der Waals surface area contributed by atoms with Gasteiger partial charge in [0.1, 0.15) is 5.82 Å². The molecule has 2 rings (SSSR count). The Hall–Kier alpha value is -0.870. The van der Waals surface area contributed by atoms with E-state index in [1.807, 2.05) is 12.4 Å². The van der Waals surface area contributed by atoms with E-state index in [-0.39, 0.29) is 6.04 Å². The molecule has 1 aromatic rings. The van der Waals surface area contributed by atoms with E-state index >= 15 is 0 Å². The van der Waals surface area contributed by atoms with Gasteiger partial charge < -0.3 is 15.0 Å². The Labute approximate surface area is 103 Å². The van der Waals surface area contributed by atoms with Gasteiger partial charge in [-0.2, -0.15) is 0 Å². The molecule has 1 aliphatic rings. The van der Waals surface area contributed by atoms with Crippen molar-refractivity contribution in [2.24, 2.45) is 11.7 Å². The summed E-state index contributed by atoms with van der Waals surface area (Å²) >= 11 is 0. The van der Waals surface area contributed by atoms with Gasteiger partial charge in [0.2, 0.25) is 0 Å². The summed E-state index contributed by atoms with van der Waals surface area (Å²) in [6.07, 6.45) is 7.33. The molecule has 1 aliphatic heterocycles. The van der Waals surface area contributed by atoms with Gasteiger partial charge in [0.25, 0.3) is 0 Å². The summed E-state index contributed by atoms with van der Waals surface area (Å²) in [7, 11) is 0. The second-order valence-corrected chi connectivity index (χ2v) is 5.04. The van der Waals surface area contributed by atoms with Crippen LogP contribution in [0.5, 0.6) is 0 Å². The van der Waals surface area contributed by atoms with Crippen LogP contribution in [0.15, 0.2) is 12.4 Å². The highest BCUT2D eigenvalue weighted by molar-refractivity contribution is 4.97. The van der Waals surface area contributed by atoms with Crippen LogP contribution in [0.4, 0.5) is 0 Å². The second kappa shape index (κ2) is 5.65. The zero-order valence-corrected chi connectivity index (χ0v) is 10.8. The van der Waals surface area contributed by atoms with Crippen molar-refractivity contribution in [3.63, 3.8) is 0 Å². The van der Waals surface area contributed by atoms with Crippen molar-refractivity contribution in [1.82, 2.24) is 9.55 Å². The van der Waals surface area contributed by atoms with Gasteiger partial charge in [-0.3, -0.25) is 0 Å². The van der Waals surface area contributed by atoms with Crippen molar-refractivity contribution < 1.29 is 4.74 Å². The first-order valence-electron chi connectivity index (χ1n) is 6.58. The predicted molar refractivity (Wildman–Crippen MR) is 67.7 cm³/mol. The van der Waals surface area contributed by atoms with Crippen LogP contribution >= 0.6 is 0 Å². The van der Waals surface area contributed by atoms with E-state index in [0.29, 0.717) is 12.0 Å². The maximum Gasteiger partial charge on any atom is 0.110 e. The van der Waals surface area contributed by atoms with Gasteiger partial charge in [-0.05, 0) is 19.8 Å². The highest BCUT2D eigenvalue weighted by Crippen LogP contribution is 2.22.